The van der Waals surface area contributed by atoms with Crippen LogP contribution in [-0.4, -0.2) is 211 Å². The van der Waals surface area contributed by atoms with Gasteiger partial charge in [-0.3, -0.25) is 38.6 Å². The molecular weight excluding hydrogens is 1120 g/mol. The fourth-order valence-corrected chi connectivity index (χ4v) is 11.5. The number of thioether (sulfide) groups is 1. The van der Waals surface area contributed by atoms with Crippen LogP contribution in [0.5, 0.6) is 11.5 Å². The number of para-hydroxylation sites is 1. The summed E-state index contributed by atoms with van der Waals surface area (Å²) in [6.45, 7) is 19.6. The van der Waals surface area contributed by atoms with Crippen LogP contribution in [0.1, 0.15) is 114 Å². The largest absolute Gasteiger partial charge is 0.457 e. The van der Waals surface area contributed by atoms with Crippen LogP contribution in [-0.2, 0) is 38.2 Å². The highest BCUT2D eigenvalue weighted by Gasteiger charge is 2.35. The van der Waals surface area contributed by atoms with Crippen LogP contribution in [0.15, 0.2) is 66.7 Å². The van der Waals surface area contributed by atoms with Gasteiger partial charge in [0.2, 0.25) is 24.6 Å². The van der Waals surface area contributed by atoms with Crippen molar-refractivity contribution in [3.8, 4) is 22.8 Å². The molecule has 0 aliphatic carbocycles. The molecule has 0 saturated carbocycles. The Morgan fingerprint density at radius 1 is 0.733 bits per heavy atom. The fourth-order valence-electron chi connectivity index (χ4n) is 10.1. The van der Waals surface area contributed by atoms with Gasteiger partial charge in [-0.15, -0.1) is 0 Å². The average Bonchev–Trinajstić information content (AvgIpc) is 2.53. The van der Waals surface area contributed by atoms with Crippen molar-refractivity contribution in [1.29, 1.82) is 0 Å². The molecule has 0 bridgehead atoms. The van der Waals surface area contributed by atoms with E-state index in [1.807, 2.05) is 98.0 Å². The number of unbranched alkanes of at least 4 members (excludes halogenated alkanes) is 4. The quantitative estimate of drug-likeness (QED) is 0.0209. The molecule has 3 fully saturated rings. The lowest BCUT2D eigenvalue weighted by Crippen LogP contribution is -2.48. The second kappa shape index (κ2) is 47.2. The Bertz CT molecular complexity index is 2320. The maximum absolute atomic E-state index is 12.5. The molecule has 4 aliphatic heterocycles. The smallest absolute Gasteiger partial charge is 0.254 e. The monoisotopic (exact) mass is 1220 g/mol. The summed E-state index contributed by atoms with van der Waals surface area (Å²) in [5.74, 6) is 4.46. The first-order valence-corrected chi connectivity index (χ1v) is 32.3. The maximum atomic E-state index is 12.5. The number of ether oxygens (including phenoxy) is 4. The number of hydrogen-bond donors (Lipinski definition) is 7. The number of hydrogen-bond acceptors (Lipinski definition) is 17. The van der Waals surface area contributed by atoms with Crippen LogP contribution in [0.3, 0.4) is 0 Å². The minimum atomic E-state index is -0.456. The Labute approximate surface area is 516 Å². The Balaban J connectivity index is 0.000000366. The number of amides is 5. The Morgan fingerprint density at radius 3 is 1.94 bits per heavy atom. The van der Waals surface area contributed by atoms with Gasteiger partial charge in [-0.05, 0) is 114 Å². The molecule has 1 aromatic heterocycles. The van der Waals surface area contributed by atoms with E-state index in [-0.39, 0.29) is 24.3 Å². The van der Waals surface area contributed by atoms with E-state index >= 15 is 0 Å². The number of piperidine rings is 1. The number of aromatic nitrogens is 2. The zero-order valence-corrected chi connectivity index (χ0v) is 53.0. The molecule has 2 aromatic carbocycles. The highest BCUT2D eigenvalue weighted by Crippen LogP contribution is 2.40. The molecule has 86 heavy (non-hydrogen) atoms. The number of benzene rings is 2. The van der Waals surface area contributed by atoms with Crippen LogP contribution in [0.2, 0.25) is 0 Å². The SMILES string of the molecule is CC.CCCCCCCOCCOCCOCCCNC(=O)CCCC(=O)NCCN1CCN(C/C=C/C=O)CC1.CN1CCC(C2CCNc3c(C(N)=O)c(-c4ccc(Oc5ccccc5)cc4)nn32)CC1.CNC1CSCC1NC=O.NC=O. The number of nitrogens with one attached hydrogen (secondary N) is 5. The van der Waals surface area contributed by atoms with E-state index in [0.717, 1.165) is 145 Å². The molecule has 5 amide bonds. The van der Waals surface area contributed by atoms with Crippen LogP contribution < -0.4 is 42.8 Å². The summed E-state index contributed by atoms with van der Waals surface area (Å²) in [6, 6.07) is 18.4. The number of piperazine rings is 1. The first kappa shape index (κ1) is 74.3. The molecule has 7 rings (SSSR count). The number of allylic oxidation sites excluding steroid dienone is 1. The van der Waals surface area contributed by atoms with Gasteiger partial charge < -0.3 is 61.9 Å². The predicted octanol–water partition coefficient (Wildman–Crippen LogP) is 5.88. The Morgan fingerprint density at radius 2 is 1.33 bits per heavy atom. The molecule has 3 atom stereocenters. The minimum absolute atomic E-state index is 0.00923. The van der Waals surface area contributed by atoms with Crippen molar-refractivity contribution in [2.75, 3.05) is 143 Å². The zero-order valence-electron chi connectivity index (χ0n) is 52.2. The lowest BCUT2D eigenvalue weighted by atomic mass is 9.87. The van der Waals surface area contributed by atoms with Crippen molar-refractivity contribution in [2.45, 2.75) is 116 Å². The molecule has 3 saturated heterocycles. The number of likely N-dealkylation sites (tertiary alicyclic amines) is 1. The summed E-state index contributed by atoms with van der Waals surface area (Å²) in [7, 11) is 4.10. The third kappa shape index (κ3) is 30.1. The molecule has 22 nitrogen and oxygen atoms in total. The lowest BCUT2D eigenvalue weighted by molar-refractivity contribution is -0.122. The van der Waals surface area contributed by atoms with Crippen molar-refractivity contribution in [1.82, 2.24) is 45.7 Å². The number of carbonyl (C=O) groups is 6. The Kier molecular flexibility index (Phi) is 40.8. The van der Waals surface area contributed by atoms with Crippen molar-refractivity contribution in [3.63, 3.8) is 0 Å². The standard InChI is InChI=1S/C29H54N4O6.C25H29N5O2.C6H12N2OS.C2H6.CH3NO/c1-2-3-4-5-8-22-37-24-26-39-27-25-38-23-10-13-30-28(35)11-9-12-29(36)31-14-16-33-19-17-32(18-20-33)15-6-7-21-34;1-29-15-12-17(13-16-29)21-11-14-27-25-22(24(26)31)23(28-30(21)25)18-7-9-20(10-8-18)32-19-5-3-2-4-6-19;1-7-5-2-10-3-6(5)8-4-9;1-2;2-1-3/h6-7,21H,2-5,8-20,22-27H2,1H3,(H,30,35)(H,31,36);2-10,17,21,27H,11-16H2,1H3,(H2,26,31);4-7H,2-3H2,1H3,(H,8,9);1-2H3;1H,(H2,2,3)/b7-6+;;;;. The molecule has 5 heterocycles. The normalized spacial score (nSPS) is 17.7. The van der Waals surface area contributed by atoms with Gasteiger partial charge in [0.05, 0.1) is 38.5 Å². The van der Waals surface area contributed by atoms with Gasteiger partial charge in [0.15, 0.2) is 0 Å². The van der Waals surface area contributed by atoms with Crippen LogP contribution in [0, 0.1) is 5.92 Å². The third-order valence-electron chi connectivity index (χ3n) is 14.9. The predicted molar refractivity (Wildman–Crippen MR) is 344 cm³/mol. The molecule has 0 radical (unpaired) electrons. The minimum Gasteiger partial charge on any atom is -0.457 e. The second-order valence-corrected chi connectivity index (χ2v) is 22.1. The van der Waals surface area contributed by atoms with Gasteiger partial charge in [-0.2, -0.15) is 16.9 Å². The third-order valence-corrected chi connectivity index (χ3v) is 16.1. The van der Waals surface area contributed by atoms with Gasteiger partial charge in [-0.1, -0.05) is 70.7 Å². The summed E-state index contributed by atoms with van der Waals surface area (Å²) >= 11 is 1.87. The second-order valence-electron chi connectivity index (χ2n) is 21.1. The molecule has 3 unspecified atom stereocenters. The van der Waals surface area contributed by atoms with Crippen LogP contribution in [0.4, 0.5) is 5.82 Å². The van der Waals surface area contributed by atoms with E-state index in [4.69, 9.17) is 34.6 Å². The maximum Gasteiger partial charge on any atom is 0.254 e. The summed E-state index contributed by atoms with van der Waals surface area (Å²) in [4.78, 5) is 72.5. The lowest BCUT2D eigenvalue weighted by Gasteiger charge is -2.37. The van der Waals surface area contributed by atoms with E-state index in [1.54, 1.807) is 0 Å². The fraction of sp³-hybridized carbons (Fsp3) is 0.635. The van der Waals surface area contributed by atoms with E-state index in [2.05, 4.69) is 61.0 Å². The highest BCUT2D eigenvalue weighted by molar-refractivity contribution is 7.99. The van der Waals surface area contributed by atoms with Gasteiger partial charge in [0.25, 0.3) is 5.91 Å². The molecule has 0 spiro atoms. The molecular formula is C63H104N12O10S. The molecule has 23 heteroatoms. The van der Waals surface area contributed by atoms with Crippen molar-refractivity contribution >= 4 is 54.4 Å². The molecule has 482 valence electrons. The zero-order chi connectivity index (χ0) is 62.4. The number of primary amides is 2. The van der Waals surface area contributed by atoms with Crippen molar-refractivity contribution < 1.29 is 47.7 Å². The summed E-state index contributed by atoms with van der Waals surface area (Å²) in [5.41, 5.74) is 12.0. The summed E-state index contributed by atoms with van der Waals surface area (Å²) in [6.07, 6.45) is 16.8. The van der Waals surface area contributed by atoms with E-state index in [9.17, 15) is 24.0 Å². The van der Waals surface area contributed by atoms with E-state index in [0.29, 0.717) is 94.6 Å². The van der Waals surface area contributed by atoms with Gasteiger partial charge in [-0.25, -0.2) is 4.68 Å². The average molecular weight is 1220 g/mol. The number of rotatable bonds is 34. The van der Waals surface area contributed by atoms with Gasteiger partial charge in [0, 0.05) is 108 Å². The number of carbonyl (C=O) groups excluding carboxylic acids is 6. The van der Waals surface area contributed by atoms with Crippen molar-refractivity contribution in [3.05, 3.63) is 72.3 Å². The first-order valence-electron chi connectivity index (χ1n) is 31.1. The van der Waals surface area contributed by atoms with Gasteiger partial charge in [0.1, 0.15) is 34.9 Å². The van der Waals surface area contributed by atoms with Crippen LogP contribution in [0.25, 0.3) is 11.3 Å². The Hall–Kier alpha value is -5.92. The molecule has 4 aliphatic rings. The highest BCUT2D eigenvalue weighted by atomic mass is 32.2. The summed E-state index contributed by atoms with van der Waals surface area (Å²) in [5, 5.41) is 20.1. The molecule has 9 N–H and O–H groups in total. The topological polar surface area (TPSA) is 279 Å². The number of fused-ring (bicyclic) bond motifs is 1. The number of nitrogens with two attached hydrogens (primary N) is 2. The van der Waals surface area contributed by atoms with Gasteiger partial charge >= 0.3 is 0 Å². The number of likely N-dealkylation sites (N-methyl/N-ethyl adjacent to an activating group) is 1. The van der Waals surface area contributed by atoms with Crippen LogP contribution >= 0.6 is 11.8 Å². The number of anilines is 1. The van der Waals surface area contributed by atoms with E-state index < -0.39 is 5.91 Å². The van der Waals surface area contributed by atoms with Crippen molar-refractivity contribution in [2.24, 2.45) is 17.4 Å². The van der Waals surface area contributed by atoms with E-state index in [1.165, 1.54) is 31.8 Å². The number of nitrogens with zero attached hydrogens (tertiary/aromatic N) is 5. The summed E-state index contributed by atoms with van der Waals surface area (Å²) < 4.78 is 24.5. The first-order chi connectivity index (χ1) is 42.0. The molecule has 3 aromatic rings. The number of aldehydes is 1.